The Morgan fingerprint density at radius 3 is 0.696 bits per heavy atom. The summed E-state index contributed by atoms with van der Waals surface area (Å²) in [5, 5.41) is 0. The normalized spacial score (nSPS) is 16.5. The molecule has 0 amide bonds. The van der Waals surface area contributed by atoms with Crippen molar-refractivity contribution in [1.29, 1.82) is 0 Å². The lowest BCUT2D eigenvalue weighted by Gasteiger charge is -2.43. The Kier molecular flexibility index (Phi) is 14.8. The maximum atomic E-state index is 13.7. The lowest BCUT2D eigenvalue weighted by Crippen LogP contribution is -2.74. The Morgan fingerprint density at radius 2 is 0.518 bits per heavy atom. The Labute approximate surface area is 283 Å². The summed E-state index contributed by atoms with van der Waals surface area (Å²) in [7, 11) is -8.04. The summed E-state index contributed by atoms with van der Waals surface area (Å²) < 4.78 is 440. The van der Waals surface area contributed by atoms with Crippen molar-refractivity contribution in [3.8, 4) is 0 Å². The first kappa shape index (κ1) is 55.9. The second-order valence-electron chi connectivity index (χ2n) is 9.99. The molecule has 0 aliphatic carbocycles. The highest BCUT2D eigenvalue weighted by atomic mass is 31.2. The standard InChI is InChI=1S/C18H7F32O4P.H3N/c19-3(20)7(27,28)11(35,36)15(43,44)17(47,48)13(39,40)9(31,32)5(23,24)1-53-55(51,52)54-2-6(25,26)10(33,34)14(41,42)18(49,50)16(45,46)12(37,38)8(29,30)4(21)22;/h3-4H,1-2H2,(H,51,52);1H3. The molecule has 0 aromatic carbocycles. The lowest BCUT2D eigenvalue weighted by molar-refractivity contribution is -0.448. The van der Waals surface area contributed by atoms with Gasteiger partial charge in [-0.15, -0.1) is 0 Å². The quantitative estimate of drug-likeness (QED) is 0.0972. The molecule has 0 aliphatic rings. The number of hydrogen-bond acceptors (Lipinski definition) is 4. The molecule has 0 aromatic rings. The number of alkyl halides is 32. The fourth-order valence-corrected chi connectivity index (χ4v) is 3.59. The molecule has 0 fully saturated rings. The van der Waals surface area contributed by atoms with Crippen LogP contribution in [0.15, 0.2) is 0 Å². The number of phosphoric acid groups is 1. The maximum Gasteiger partial charge on any atom is 0.384 e. The van der Waals surface area contributed by atoms with Crippen LogP contribution >= 0.6 is 7.82 Å². The Morgan fingerprint density at radius 1 is 0.357 bits per heavy atom. The fraction of sp³-hybridized carbons (Fsp3) is 1.00. The Balaban J connectivity index is 0. The van der Waals surface area contributed by atoms with E-state index in [1.54, 1.807) is 0 Å². The van der Waals surface area contributed by atoms with Crippen molar-refractivity contribution in [3.63, 3.8) is 0 Å². The van der Waals surface area contributed by atoms with E-state index in [2.05, 4.69) is 9.05 Å². The summed E-state index contributed by atoms with van der Waals surface area (Å²) in [6.45, 7) is -9.14. The molecule has 4 N–H and O–H groups in total. The monoisotopic (exact) mass is 943 g/mol. The van der Waals surface area contributed by atoms with Crippen LogP contribution in [-0.4, -0.2) is 109 Å². The second kappa shape index (κ2) is 14.8. The minimum absolute atomic E-state index is 0. The van der Waals surface area contributed by atoms with E-state index < -0.39 is 117 Å². The van der Waals surface area contributed by atoms with E-state index in [1.165, 1.54) is 0 Å². The van der Waals surface area contributed by atoms with Gasteiger partial charge in [0, 0.05) is 0 Å². The molecule has 56 heavy (non-hydrogen) atoms. The molecule has 0 atom stereocenters. The molecule has 0 saturated carbocycles. The van der Waals surface area contributed by atoms with E-state index in [-0.39, 0.29) is 6.15 Å². The zero-order chi connectivity index (χ0) is 45.5. The van der Waals surface area contributed by atoms with Gasteiger partial charge in [0.25, 0.3) is 7.82 Å². The molecule has 0 heterocycles. The van der Waals surface area contributed by atoms with Gasteiger partial charge in [0.2, 0.25) is 0 Å². The van der Waals surface area contributed by atoms with Crippen LogP contribution in [0.1, 0.15) is 0 Å². The van der Waals surface area contributed by atoms with Crippen LogP contribution in [0, 0.1) is 0 Å². The van der Waals surface area contributed by atoms with Gasteiger partial charge in [-0.05, 0) is 0 Å². The molecule has 0 radical (unpaired) electrons. The molecule has 340 valence electrons. The maximum absolute atomic E-state index is 13.7. The van der Waals surface area contributed by atoms with E-state index in [1.807, 2.05) is 0 Å². The zero-order valence-electron chi connectivity index (χ0n) is 24.7. The van der Waals surface area contributed by atoms with E-state index in [0.717, 1.165) is 0 Å². The Hall–Kier alpha value is -2.17. The predicted molar refractivity (Wildman–Crippen MR) is 107 cm³/mol. The topological polar surface area (TPSA) is 95.1 Å². The van der Waals surface area contributed by atoms with Crippen LogP contribution in [-0.2, 0) is 13.6 Å². The van der Waals surface area contributed by atoms with Gasteiger partial charge in [-0.3, -0.25) is 4.57 Å². The molecule has 0 saturated heterocycles. The molecule has 5 nitrogen and oxygen atoms in total. The lowest BCUT2D eigenvalue weighted by atomic mass is 9.89. The molecule has 0 aliphatic heterocycles. The largest absolute Gasteiger partial charge is 0.756 e. The highest BCUT2D eigenvalue weighted by Gasteiger charge is 2.95. The average molecular weight is 943 g/mol. The molecule has 0 unspecified atom stereocenters. The van der Waals surface area contributed by atoms with Crippen LogP contribution in [0.5, 0.6) is 0 Å². The van der Waals surface area contributed by atoms with Gasteiger partial charge in [0.1, 0.15) is 13.2 Å². The van der Waals surface area contributed by atoms with Crippen molar-refractivity contribution in [2.75, 3.05) is 13.2 Å². The molecule has 0 spiro atoms. The third-order valence-corrected chi connectivity index (χ3v) is 7.16. The SMILES string of the molecule is O=P([O-])(OCC(F)(F)C(F)(F)C(F)(F)C(F)(F)C(F)(F)C(F)(F)C(F)(F)C(F)F)OCC(F)(F)C(F)(F)C(F)(F)C(F)(F)C(F)(F)C(F)(F)C(F)(F)C(F)F.[NH4+]. The summed E-state index contributed by atoms with van der Waals surface area (Å²) in [5.74, 6) is -120. The first-order chi connectivity index (χ1) is 23.3. The van der Waals surface area contributed by atoms with Crippen LogP contribution in [0.4, 0.5) is 140 Å². The van der Waals surface area contributed by atoms with Crippen molar-refractivity contribution in [2.24, 2.45) is 0 Å². The summed E-state index contributed by atoms with van der Waals surface area (Å²) in [5.41, 5.74) is 0. The zero-order valence-corrected chi connectivity index (χ0v) is 25.6. The van der Waals surface area contributed by atoms with Crippen molar-refractivity contribution in [2.45, 2.75) is 95.8 Å². The van der Waals surface area contributed by atoms with Gasteiger partial charge in [-0.1, -0.05) is 0 Å². The average Bonchev–Trinajstić information content (AvgIpc) is 2.97. The minimum Gasteiger partial charge on any atom is -0.756 e. The van der Waals surface area contributed by atoms with Crippen molar-refractivity contribution in [3.05, 3.63) is 0 Å². The molecular formula is C18H10F32NO4P. The number of quaternary nitrogens is 1. The van der Waals surface area contributed by atoms with Crippen molar-refractivity contribution < 1.29 is 159 Å². The number of halogens is 32. The van der Waals surface area contributed by atoms with Crippen LogP contribution in [0.25, 0.3) is 0 Å². The highest BCUT2D eigenvalue weighted by molar-refractivity contribution is 7.45. The van der Waals surface area contributed by atoms with Gasteiger partial charge in [0.15, 0.2) is 0 Å². The number of hydrogen-bond donors (Lipinski definition) is 1. The van der Waals surface area contributed by atoms with E-state index in [4.69, 9.17) is 0 Å². The minimum atomic E-state index is -9.11. The van der Waals surface area contributed by atoms with Crippen molar-refractivity contribution in [1.82, 2.24) is 6.15 Å². The summed E-state index contributed by atoms with van der Waals surface area (Å²) in [4.78, 5) is 11.2. The number of phosphoric ester groups is 1. The van der Waals surface area contributed by atoms with Gasteiger partial charge < -0.3 is 20.1 Å². The predicted octanol–water partition coefficient (Wildman–Crippen LogP) is 10.3. The third kappa shape index (κ3) is 7.71. The summed E-state index contributed by atoms with van der Waals surface area (Å²) >= 11 is 0. The number of rotatable bonds is 20. The van der Waals surface area contributed by atoms with E-state index >= 15 is 0 Å². The van der Waals surface area contributed by atoms with Gasteiger partial charge in [0.05, 0.1) is 0 Å². The van der Waals surface area contributed by atoms with Gasteiger partial charge >= 0.3 is 95.8 Å². The molecule has 0 rings (SSSR count). The smallest absolute Gasteiger partial charge is 0.384 e. The van der Waals surface area contributed by atoms with Gasteiger partial charge in [-0.25, -0.2) is 17.6 Å². The molecular weight excluding hydrogens is 933 g/mol. The molecule has 0 bridgehead atoms. The fourth-order valence-electron chi connectivity index (χ4n) is 2.87. The van der Waals surface area contributed by atoms with Gasteiger partial charge in [-0.2, -0.15) is 123 Å². The summed E-state index contributed by atoms with van der Waals surface area (Å²) in [6.07, 6.45) is -12.5. The van der Waals surface area contributed by atoms with Crippen LogP contribution in [0.2, 0.25) is 0 Å². The summed E-state index contributed by atoms with van der Waals surface area (Å²) in [6, 6.07) is 0. The van der Waals surface area contributed by atoms with Crippen LogP contribution < -0.4 is 11.0 Å². The highest BCUT2D eigenvalue weighted by Crippen LogP contribution is 2.65. The molecule has 0 aromatic heterocycles. The van der Waals surface area contributed by atoms with E-state index in [0.29, 0.717) is 0 Å². The Bertz CT molecular complexity index is 1310. The molecule has 38 heteroatoms. The van der Waals surface area contributed by atoms with E-state index in [9.17, 15) is 150 Å². The second-order valence-corrected chi connectivity index (χ2v) is 11.4. The first-order valence-corrected chi connectivity index (χ1v) is 13.2. The first-order valence-electron chi connectivity index (χ1n) is 11.8. The van der Waals surface area contributed by atoms with Crippen LogP contribution in [0.3, 0.4) is 0 Å². The third-order valence-electron chi connectivity index (χ3n) is 6.27. The van der Waals surface area contributed by atoms with Crippen molar-refractivity contribution >= 4 is 7.82 Å².